The van der Waals surface area contributed by atoms with Crippen LogP contribution >= 0.6 is 0 Å². The number of hydrogen-bond acceptors (Lipinski definition) is 2. The summed E-state index contributed by atoms with van der Waals surface area (Å²) in [4.78, 5) is 0. The van der Waals surface area contributed by atoms with Crippen molar-refractivity contribution in [2.24, 2.45) is 0 Å². The summed E-state index contributed by atoms with van der Waals surface area (Å²) in [5.41, 5.74) is 9.39. The number of fused-ring (bicyclic) bond motifs is 1. The Bertz CT molecular complexity index is 763. The third-order valence-electron chi connectivity index (χ3n) is 3.02. The molecule has 86 valence electrons. The van der Waals surface area contributed by atoms with Gasteiger partial charge in [0.25, 0.3) is 0 Å². The first-order valence-electron chi connectivity index (χ1n) is 5.66. The van der Waals surface area contributed by atoms with Crippen molar-refractivity contribution in [3.8, 4) is 11.8 Å². The molecule has 0 unspecified atom stereocenters. The fraction of sp³-hybridized carbons (Fsp3) is 0. The quantitative estimate of drug-likeness (QED) is 0.656. The standard InChI is InChI=1S/C15H11N3/c16-10-11-5-6-14-12(9-11)7-8-18(14)15-4-2-1-3-13(15)17/h1-9H,17H2. The van der Waals surface area contributed by atoms with E-state index < -0.39 is 0 Å². The van der Waals surface area contributed by atoms with Gasteiger partial charge in [-0.2, -0.15) is 5.26 Å². The molecular formula is C15H11N3. The molecule has 0 saturated carbocycles. The van der Waals surface area contributed by atoms with Crippen LogP contribution < -0.4 is 5.73 Å². The van der Waals surface area contributed by atoms with Crippen molar-refractivity contribution in [2.75, 3.05) is 5.73 Å². The second-order valence-corrected chi connectivity index (χ2v) is 4.13. The maximum Gasteiger partial charge on any atom is 0.0991 e. The molecule has 0 aliphatic carbocycles. The molecule has 0 fully saturated rings. The molecule has 1 heterocycles. The summed E-state index contributed by atoms with van der Waals surface area (Å²) in [6.45, 7) is 0. The van der Waals surface area contributed by atoms with Gasteiger partial charge in [0.05, 0.1) is 28.5 Å². The zero-order valence-corrected chi connectivity index (χ0v) is 9.67. The van der Waals surface area contributed by atoms with Crippen LogP contribution in [0.5, 0.6) is 0 Å². The van der Waals surface area contributed by atoms with Crippen LogP contribution in [0.1, 0.15) is 5.56 Å². The van der Waals surface area contributed by atoms with Gasteiger partial charge in [-0.25, -0.2) is 0 Å². The lowest BCUT2D eigenvalue weighted by Gasteiger charge is -2.08. The van der Waals surface area contributed by atoms with E-state index in [4.69, 9.17) is 11.0 Å². The summed E-state index contributed by atoms with van der Waals surface area (Å²) in [5.74, 6) is 0. The highest BCUT2D eigenvalue weighted by molar-refractivity contribution is 5.84. The van der Waals surface area contributed by atoms with Gasteiger partial charge in [0.15, 0.2) is 0 Å². The molecule has 2 N–H and O–H groups in total. The fourth-order valence-electron chi connectivity index (χ4n) is 2.13. The van der Waals surface area contributed by atoms with Crippen molar-refractivity contribution in [2.45, 2.75) is 0 Å². The second kappa shape index (κ2) is 3.94. The lowest BCUT2D eigenvalue weighted by atomic mass is 10.2. The Morgan fingerprint density at radius 1 is 1.06 bits per heavy atom. The average Bonchev–Trinajstić information content (AvgIpc) is 2.82. The van der Waals surface area contributed by atoms with Gasteiger partial charge in [-0.15, -0.1) is 0 Å². The minimum atomic E-state index is 0.668. The van der Waals surface area contributed by atoms with E-state index in [1.54, 1.807) is 0 Å². The molecular weight excluding hydrogens is 222 g/mol. The molecule has 2 aromatic carbocycles. The topological polar surface area (TPSA) is 54.7 Å². The molecule has 1 aromatic heterocycles. The largest absolute Gasteiger partial charge is 0.397 e. The van der Waals surface area contributed by atoms with Crippen LogP contribution in [-0.2, 0) is 0 Å². The highest BCUT2D eigenvalue weighted by Gasteiger charge is 2.06. The van der Waals surface area contributed by atoms with Gasteiger partial charge < -0.3 is 10.3 Å². The highest BCUT2D eigenvalue weighted by atomic mass is 15.0. The summed E-state index contributed by atoms with van der Waals surface area (Å²) in [5, 5.41) is 9.93. The lowest BCUT2D eigenvalue weighted by Crippen LogP contribution is -1.97. The minimum absolute atomic E-state index is 0.668. The normalized spacial score (nSPS) is 10.4. The van der Waals surface area contributed by atoms with E-state index in [9.17, 15) is 0 Å². The monoisotopic (exact) mass is 233 g/mol. The van der Waals surface area contributed by atoms with Crippen molar-refractivity contribution in [1.29, 1.82) is 5.26 Å². The molecule has 0 amide bonds. The number of para-hydroxylation sites is 2. The third-order valence-corrected chi connectivity index (χ3v) is 3.02. The van der Waals surface area contributed by atoms with Crippen LogP contribution in [0.15, 0.2) is 54.7 Å². The van der Waals surface area contributed by atoms with Gasteiger partial charge in [-0.05, 0) is 36.4 Å². The van der Waals surface area contributed by atoms with E-state index >= 15 is 0 Å². The number of nitrogens with zero attached hydrogens (tertiary/aromatic N) is 2. The average molecular weight is 233 g/mol. The number of rotatable bonds is 1. The molecule has 0 aliphatic rings. The Labute approximate surface area is 105 Å². The van der Waals surface area contributed by atoms with E-state index in [1.807, 2.05) is 59.3 Å². The van der Waals surface area contributed by atoms with E-state index in [0.29, 0.717) is 5.56 Å². The zero-order valence-electron chi connectivity index (χ0n) is 9.67. The van der Waals surface area contributed by atoms with Crippen LogP contribution in [-0.4, -0.2) is 4.57 Å². The van der Waals surface area contributed by atoms with E-state index in [-0.39, 0.29) is 0 Å². The minimum Gasteiger partial charge on any atom is -0.397 e. The molecule has 0 aliphatic heterocycles. The molecule has 0 spiro atoms. The smallest absolute Gasteiger partial charge is 0.0991 e. The summed E-state index contributed by atoms with van der Waals surface area (Å²) < 4.78 is 2.03. The number of nitrogens with two attached hydrogens (primary N) is 1. The van der Waals surface area contributed by atoms with Crippen LogP contribution in [0.4, 0.5) is 5.69 Å². The van der Waals surface area contributed by atoms with Crippen LogP contribution in [0, 0.1) is 11.3 Å². The highest BCUT2D eigenvalue weighted by Crippen LogP contribution is 2.24. The number of nitrogen functional groups attached to an aromatic ring is 1. The van der Waals surface area contributed by atoms with E-state index in [1.165, 1.54) is 0 Å². The Morgan fingerprint density at radius 3 is 2.67 bits per heavy atom. The van der Waals surface area contributed by atoms with Crippen molar-refractivity contribution in [3.05, 3.63) is 60.3 Å². The van der Waals surface area contributed by atoms with Crippen molar-refractivity contribution in [1.82, 2.24) is 4.57 Å². The van der Waals surface area contributed by atoms with Crippen molar-refractivity contribution in [3.63, 3.8) is 0 Å². The predicted octanol–water partition coefficient (Wildman–Crippen LogP) is 3.08. The molecule has 3 rings (SSSR count). The van der Waals surface area contributed by atoms with Gasteiger partial charge in [-0.3, -0.25) is 0 Å². The van der Waals surface area contributed by atoms with Crippen LogP contribution in [0.2, 0.25) is 0 Å². The molecule has 18 heavy (non-hydrogen) atoms. The summed E-state index contributed by atoms with van der Waals surface area (Å²) >= 11 is 0. The second-order valence-electron chi connectivity index (χ2n) is 4.13. The first kappa shape index (κ1) is 10.4. The summed E-state index contributed by atoms with van der Waals surface area (Å²) in [6, 6.07) is 17.5. The molecule has 0 atom stereocenters. The number of anilines is 1. The van der Waals surface area contributed by atoms with E-state index in [2.05, 4.69) is 6.07 Å². The van der Waals surface area contributed by atoms with Gasteiger partial charge in [-0.1, -0.05) is 12.1 Å². The van der Waals surface area contributed by atoms with Crippen LogP contribution in [0.25, 0.3) is 16.6 Å². The van der Waals surface area contributed by atoms with E-state index in [0.717, 1.165) is 22.3 Å². The number of hydrogen-bond donors (Lipinski definition) is 1. The Balaban J connectivity index is 2.26. The molecule has 3 aromatic rings. The van der Waals surface area contributed by atoms with Crippen molar-refractivity contribution >= 4 is 16.6 Å². The van der Waals surface area contributed by atoms with Gasteiger partial charge >= 0.3 is 0 Å². The first-order valence-corrected chi connectivity index (χ1v) is 5.66. The molecule has 0 bridgehead atoms. The van der Waals surface area contributed by atoms with Gasteiger partial charge in [0.2, 0.25) is 0 Å². The fourth-order valence-corrected chi connectivity index (χ4v) is 2.13. The Hall–Kier alpha value is -2.73. The number of aromatic nitrogens is 1. The Kier molecular flexibility index (Phi) is 2.28. The van der Waals surface area contributed by atoms with Gasteiger partial charge in [0.1, 0.15) is 0 Å². The number of nitriles is 1. The SMILES string of the molecule is N#Cc1ccc2c(ccn2-c2ccccc2N)c1. The molecule has 3 heteroatoms. The maximum absolute atomic E-state index is 8.89. The molecule has 0 saturated heterocycles. The summed E-state index contributed by atoms with van der Waals surface area (Å²) in [6.07, 6.45) is 1.97. The lowest BCUT2D eigenvalue weighted by molar-refractivity contribution is 1.13. The molecule has 0 radical (unpaired) electrons. The van der Waals surface area contributed by atoms with Gasteiger partial charge in [0, 0.05) is 11.6 Å². The zero-order chi connectivity index (χ0) is 12.5. The third kappa shape index (κ3) is 1.52. The number of benzene rings is 2. The summed E-state index contributed by atoms with van der Waals surface area (Å²) in [7, 11) is 0. The first-order chi connectivity index (χ1) is 8.79. The maximum atomic E-state index is 8.89. The Morgan fingerprint density at radius 2 is 1.89 bits per heavy atom. The molecule has 3 nitrogen and oxygen atoms in total. The van der Waals surface area contributed by atoms with Crippen LogP contribution in [0.3, 0.4) is 0 Å². The predicted molar refractivity (Wildman–Crippen MR) is 72.4 cm³/mol. The van der Waals surface area contributed by atoms with Crippen molar-refractivity contribution < 1.29 is 0 Å².